The minimum Gasteiger partial charge on any atom is -0.379 e. The van der Waals surface area contributed by atoms with E-state index in [1.54, 1.807) is 18.2 Å². The number of amides is 1. The Morgan fingerprint density at radius 3 is 2.39 bits per heavy atom. The van der Waals surface area contributed by atoms with E-state index in [-0.39, 0.29) is 33.4 Å². The van der Waals surface area contributed by atoms with Gasteiger partial charge in [0.15, 0.2) is 17.2 Å². The van der Waals surface area contributed by atoms with Crippen molar-refractivity contribution in [1.29, 1.82) is 0 Å². The zero-order valence-corrected chi connectivity index (χ0v) is 23.4. The minimum atomic E-state index is -3.73. The monoisotopic (exact) mass is 598 g/mol. The van der Waals surface area contributed by atoms with E-state index in [0.29, 0.717) is 43.2 Å². The first kappa shape index (κ1) is 27.4. The molecular formula is C27H28ClFN8O3S. The average molecular weight is 599 g/mol. The Hall–Kier alpha value is -3.81. The molecule has 0 radical (unpaired) electrons. The van der Waals surface area contributed by atoms with Gasteiger partial charge >= 0.3 is 0 Å². The molecule has 1 aromatic carbocycles. The number of aromatic nitrogens is 4. The molecule has 41 heavy (non-hydrogen) atoms. The largest absolute Gasteiger partial charge is 0.379 e. The van der Waals surface area contributed by atoms with Crippen LogP contribution in [0, 0.1) is 5.82 Å². The molecule has 214 valence electrons. The van der Waals surface area contributed by atoms with Gasteiger partial charge in [0.25, 0.3) is 5.91 Å². The molecule has 4 aromatic rings. The van der Waals surface area contributed by atoms with Crippen LogP contribution in [-0.4, -0.2) is 52.0 Å². The Balaban J connectivity index is 1.17. The summed E-state index contributed by atoms with van der Waals surface area (Å²) >= 11 is 6.11. The first-order chi connectivity index (χ1) is 19.8. The van der Waals surface area contributed by atoms with Gasteiger partial charge in [-0.1, -0.05) is 23.7 Å². The fourth-order valence-corrected chi connectivity index (χ4v) is 6.75. The molecule has 14 heteroatoms. The number of sulfonamides is 1. The number of halogens is 2. The Morgan fingerprint density at radius 1 is 0.951 bits per heavy atom. The zero-order valence-electron chi connectivity index (χ0n) is 21.8. The number of nitrogens with zero attached hydrogens (tertiary/aromatic N) is 4. The number of fused-ring (bicyclic) bond motifs is 1. The SMILES string of the molecule is O=C(Nc1ccncc1F)c1cnc2c(NC3CC3)cc(N[C@H]3CC[C@H](NS(=O)(=O)c4ccccc4Cl)CC3)nn12. The fourth-order valence-electron chi connectivity index (χ4n) is 4.92. The summed E-state index contributed by atoms with van der Waals surface area (Å²) in [4.78, 5) is 21.3. The summed E-state index contributed by atoms with van der Waals surface area (Å²) in [6, 6.07) is 9.79. The lowest BCUT2D eigenvalue weighted by Crippen LogP contribution is -2.40. The van der Waals surface area contributed by atoms with Crippen molar-refractivity contribution in [3.8, 4) is 0 Å². The molecule has 0 unspecified atom stereocenters. The van der Waals surface area contributed by atoms with E-state index in [2.05, 4.69) is 35.7 Å². The van der Waals surface area contributed by atoms with E-state index in [1.165, 1.54) is 29.0 Å². The summed E-state index contributed by atoms with van der Waals surface area (Å²) in [6.45, 7) is 0. The van der Waals surface area contributed by atoms with Gasteiger partial charge < -0.3 is 16.0 Å². The molecular weight excluding hydrogens is 571 g/mol. The van der Waals surface area contributed by atoms with Crippen molar-refractivity contribution in [1.82, 2.24) is 24.3 Å². The highest BCUT2D eigenvalue weighted by molar-refractivity contribution is 7.89. The molecule has 0 bridgehead atoms. The number of rotatable bonds is 9. The van der Waals surface area contributed by atoms with E-state index < -0.39 is 21.7 Å². The number of imidazole rings is 1. The van der Waals surface area contributed by atoms with E-state index in [0.717, 1.165) is 24.7 Å². The maximum Gasteiger partial charge on any atom is 0.276 e. The van der Waals surface area contributed by atoms with Gasteiger partial charge in [-0.3, -0.25) is 9.78 Å². The Morgan fingerprint density at radius 2 is 1.66 bits per heavy atom. The number of carbonyl (C=O) groups is 1. The van der Waals surface area contributed by atoms with Gasteiger partial charge in [0, 0.05) is 30.4 Å². The second kappa shape index (κ2) is 11.2. The number of hydrogen-bond donors (Lipinski definition) is 4. The topological polar surface area (TPSA) is 142 Å². The van der Waals surface area contributed by atoms with Crippen LogP contribution in [0.5, 0.6) is 0 Å². The molecule has 0 atom stereocenters. The van der Waals surface area contributed by atoms with Crippen LogP contribution < -0.4 is 20.7 Å². The standard InChI is InChI=1S/C27H28ClFN8O3S/c28-19-3-1-2-4-24(19)41(39,40)36-18-9-7-17(8-10-18)33-25-13-22(32-16-5-6-16)26-31-15-23(37(26)35-25)27(38)34-21-11-12-30-14-20(21)29/h1-4,11-18,32,36H,5-10H2,(H,33,35)(H,30,34,38)/t17-,18-. The number of nitrogens with one attached hydrogen (secondary N) is 4. The molecule has 4 N–H and O–H groups in total. The number of benzene rings is 1. The molecule has 0 saturated heterocycles. The third-order valence-corrected chi connectivity index (χ3v) is 9.21. The van der Waals surface area contributed by atoms with Gasteiger partial charge in [-0.15, -0.1) is 5.10 Å². The van der Waals surface area contributed by atoms with E-state index in [1.807, 2.05) is 6.07 Å². The first-order valence-electron chi connectivity index (χ1n) is 13.4. The van der Waals surface area contributed by atoms with Crippen LogP contribution in [0.1, 0.15) is 49.0 Å². The van der Waals surface area contributed by atoms with Gasteiger partial charge in [0.05, 0.1) is 28.8 Å². The molecule has 1 amide bonds. The van der Waals surface area contributed by atoms with Crippen LogP contribution in [-0.2, 0) is 10.0 Å². The van der Waals surface area contributed by atoms with Gasteiger partial charge in [-0.2, -0.15) is 0 Å². The van der Waals surface area contributed by atoms with Crippen molar-refractivity contribution in [2.75, 3.05) is 16.0 Å². The molecule has 3 heterocycles. The second-order valence-corrected chi connectivity index (χ2v) is 12.4. The maximum atomic E-state index is 14.1. The first-order valence-corrected chi connectivity index (χ1v) is 15.2. The maximum absolute atomic E-state index is 14.1. The number of pyridine rings is 1. The van der Waals surface area contributed by atoms with Crippen molar-refractivity contribution < 1.29 is 17.6 Å². The molecule has 2 aliphatic carbocycles. The van der Waals surface area contributed by atoms with Gasteiger partial charge in [0.1, 0.15) is 10.7 Å². The van der Waals surface area contributed by atoms with Crippen molar-refractivity contribution >= 4 is 50.4 Å². The van der Waals surface area contributed by atoms with Crippen LogP contribution >= 0.6 is 11.6 Å². The third-order valence-electron chi connectivity index (χ3n) is 7.19. The smallest absolute Gasteiger partial charge is 0.276 e. The molecule has 0 spiro atoms. The highest BCUT2D eigenvalue weighted by Crippen LogP contribution is 2.30. The molecule has 0 aliphatic heterocycles. The summed E-state index contributed by atoms with van der Waals surface area (Å²) in [7, 11) is -3.73. The lowest BCUT2D eigenvalue weighted by atomic mass is 9.92. The van der Waals surface area contributed by atoms with Crippen LogP contribution in [0.2, 0.25) is 5.02 Å². The lowest BCUT2D eigenvalue weighted by molar-refractivity contribution is 0.102. The molecule has 2 saturated carbocycles. The zero-order chi connectivity index (χ0) is 28.6. The van der Waals surface area contributed by atoms with E-state index in [4.69, 9.17) is 11.6 Å². The predicted molar refractivity (Wildman–Crippen MR) is 153 cm³/mol. The highest BCUT2D eigenvalue weighted by atomic mass is 35.5. The van der Waals surface area contributed by atoms with E-state index in [9.17, 15) is 17.6 Å². The van der Waals surface area contributed by atoms with Crippen LogP contribution in [0.25, 0.3) is 5.65 Å². The lowest BCUT2D eigenvalue weighted by Gasteiger charge is -2.30. The Kier molecular flexibility index (Phi) is 7.49. The van der Waals surface area contributed by atoms with Crippen molar-refractivity contribution in [2.24, 2.45) is 0 Å². The predicted octanol–water partition coefficient (Wildman–Crippen LogP) is 4.45. The summed E-state index contributed by atoms with van der Waals surface area (Å²) in [5.74, 6) is -0.662. The third kappa shape index (κ3) is 6.11. The van der Waals surface area contributed by atoms with Gasteiger partial charge in [-0.05, 0) is 56.7 Å². The highest BCUT2D eigenvalue weighted by Gasteiger charge is 2.28. The van der Waals surface area contributed by atoms with Gasteiger partial charge in [0.2, 0.25) is 10.0 Å². The van der Waals surface area contributed by atoms with E-state index >= 15 is 0 Å². The Labute approximate surface area is 241 Å². The van der Waals surface area contributed by atoms with Crippen molar-refractivity contribution in [2.45, 2.75) is 61.5 Å². The molecule has 2 fully saturated rings. The normalized spacial score (nSPS) is 19.2. The molecule has 3 aromatic heterocycles. The number of hydrogen-bond acceptors (Lipinski definition) is 8. The molecule has 2 aliphatic rings. The summed E-state index contributed by atoms with van der Waals surface area (Å²) in [5, 5.41) is 14.3. The van der Waals surface area contributed by atoms with Crippen LogP contribution in [0.3, 0.4) is 0 Å². The minimum absolute atomic E-state index is 0.00692. The van der Waals surface area contributed by atoms with Gasteiger partial charge in [-0.25, -0.2) is 27.0 Å². The number of carbonyl (C=O) groups excluding carboxylic acids is 1. The molecule has 11 nitrogen and oxygen atoms in total. The second-order valence-electron chi connectivity index (χ2n) is 10.3. The average Bonchev–Trinajstić information content (AvgIpc) is 3.66. The Bertz CT molecular complexity index is 1700. The summed E-state index contributed by atoms with van der Waals surface area (Å²) in [6.07, 6.45) is 8.59. The van der Waals surface area contributed by atoms with Crippen LogP contribution in [0.4, 0.5) is 21.6 Å². The van der Waals surface area contributed by atoms with Crippen molar-refractivity contribution in [3.05, 3.63) is 71.5 Å². The fraction of sp³-hybridized carbons (Fsp3) is 0.333. The van der Waals surface area contributed by atoms with Crippen molar-refractivity contribution in [3.63, 3.8) is 0 Å². The summed E-state index contributed by atoms with van der Waals surface area (Å²) in [5.41, 5.74) is 1.38. The molecule has 6 rings (SSSR count). The quantitative estimate of drug-likeness (QED) is 0.221. The number of anilines is 3. The summed E-state index contributed by atoms with van der Waals surface area (Å²) < 4.78 is 44.0. The van der Waals surface area contributed by atoms with Crippen LogP contribution in [0.15, 0.2) is 59.9 Å².